The van der Waals surface area contributed by atoms with E-state index in [-0.39, 0.29) is 22.0 Å². The van der Waals surface area contributed by atoms with E-state index in [1.807, 2.05) is 37.3 Å². The van der Waals surface area contributed by atoms with Crippen LogP contribution in [0.15, 0.2) is 83.7 Å². The number of aromatic nitrogens is 1. The number of aliphatic hydroxyl groups excluding tert-OH is 1. The summed E-state index contributed by atoms with van der Waals surface area (Å²) >= 11 is 2.27. The van der Waals surface area contributed by atoms with Gasteiger partial charge in [-0.05, 0) is 53.8 Å². The zero-order chi connectivity index (χ0) is 28.0. The monoisotopic (exact) mass is 574 g/mol. The van der Waals surface area contributed by atoms with Crippen molar-refractivity contribution in [2.24, 2.45) is 0 Å². The van der Waals surface area contributed by atoms with Gasteiger partial charge >= 0.3 is 5.91 Å². The molecular formula is C30H20F2N2O4S2. The van der Waals surface area contributed by atoms with Crippen LogP contribution in [0.3, 0.4) is 0 Å². The fourth-order valence-electron chi connectivity index (χ4n) is 4.61. The molecule has 1 fully saturated rings. The summed E-state index contributed by atoms with van der Waals surface area (Å²) in [5.74, 6) is -3.59. The first-order chi connectivity index (χ1) is 19.3. The van der Waals surface area contributed by atoms with Crippen LogP contribution in [-0.2, 0) is 16.2 Å². The topological polar surface area (TPSA) is 79.7 Å². The number of nitrogens with zero attached hydrogens (tertiary/aromatic N) is 2. The van der Waals surface area contributed by atoms with Crippen LogP contribution in [-0.4, -0.2) is 21.8 Å². The number of ketones is 1. The molecule has 10 heteroatoms. The number of amides is 1. The molecule has 1 N–H and O–H groups in total. The van der Waals surface area contributed by atoms with E-state index in [4.69, 9.17) is 4.74 Å². The summed E-state index contributed by atoms with van der Waals surface area (Å²) in [6.07, 6.45) is 0. The predicted molar refractivity (Wildman–Crippen MR) is 151 cm³/mol. The maximum absolute atomic E-state index is 13.8. The van der Waals surface area contributed by atoms with Crippen LogP contribution in [0.25, 0.3) is 16.0 Å². The number of carbonyl (C=O) groups is 2. The molecule has 0 bridgehead atoms. The van der Waals surface area contributed by atoms with Crippen molar-refractivity contribution in [1.29, 1.82) is 0 Å². The summed E-state index contributed by atoms with van der Waals surface area (Å²) in [5.41, 5.74) is 2.15. The van der Waals surface area contributed by atoms with Gasteiger partial charge in [-0.1, -0.05) is 47.7 Å². The molecule has 1 saturated heterocycles. The van der Waals surface area contributed by atoms with Gasteiger partial charge in [-0.2, -0.15) is 0 Å². The number of anilines is 1. The molecule has 6 nitrogen and oxygen atoms in total. The van der Waals surface area contributed by atoms with Crippen LogP contribution in [0.4, 0.5) is 13.9 Å². The van der Waals surface area contributed by atoms with E-state index in [0.717, 1.165) is 34.6 Å². The molecule has 0 saturated carbocycles. The molecule has 6 rings (SSSR count). The Balaban J connectivity index is 1.40. The number of aryl methyl sites for hydroxylation is 1. The summed E-state index contributed by atoms with van der Waals surface area (Å²) in [6, 6.07) is 19.2. The number of carbonyl (C=O) groups excluding carboxylic acids is 2. The van der Waals surface area contributed by atoms with Crippen LogP contribution >= 0.6 is 22.7 Å². The Kier molecular flexibility index (Phi) is 6.65. The molecule has 40 heavy (non-hydrogen) atoms. The maximum Gasteiger partial charge on any atom is 0.301 e. The van der Waals surface area contributed by atoms with Gasteiger partial charge in [0.1, 0.15) is 24.2 Å². The second kappa shape index (κ2) is 10.3. The highest BCUT2D eigenvalue weighted by molar-refractivity contribution is 7.22. The maximum atomic E-state index is 13.8. The zero-order valence-corrected chi connectivity index (χ0v) is 22.6. The van der Waals surface area contributed by atoms with Gasteiger partial charge < -0.3 is 9.84 Å². The lowest BCUT2D eigenvalue weighted by Gasteiger charge is -2.21. The average Bonchev–Trinajstić information content (AvgIpc) is 3.67. The van der Waals surface area contributed by atoms with Gasteiger partial charge in [0.2, 0.25) is 0 Å². The molecule has 0 radical (unpaired) electrons. The van der Waals surface area contributed by atoms with Crippen molar-refractivity contribution in [1.82, 2.24) is 4.98 Å². The van der Waals surface area contributed by atoms with E-state index in [0.29, 0.717) is 27.5 Å². The van der Waals surface area contributed by atoms with E-state index in [9.17, 15) is 23.5 Å². The highest BCUT2D eigenvalue weighted by Gasteiger charge is 2.48. The normalized spacial score (nSPS) is 16.7. The van der Waals surface area contributed by atoms with Gasteiger partial charge in [0, 0.05) is 16.5 Å². The molecule has 1 amide bonds. The van der Waals surface area contributed by atoms with Gasteiger partial charge in [-0.15, -0.1) is 11.3 Å². The number of thiophene rings is 1. The third-order valence-electron chi connectivity index (χ3n) is 6.57. The van der Waals surface area contributed by atoms with Gasteiger partial charge in [0.15, 0.2) is 16.8 Å². The highest BCUT2D eigenvalue weighted by Crippen LogP contribution is 2.45. The summed E-state index contributed by atoms with van der Waals surface area (Å²) in [4.78, 5) is 32.9. The number of hydrogen-bond acceptors (Lipinski definition) is 7. The predicted octanol–water partition coefficient (Wildman–Crippen LogP) is 7.15. The number of hydrogen-bond donors (Lipinski definition) is 1. The fourth-order valence-corrected chi connectivity index (χ4v) is 6.43. The zero-order valence-electron chi connectivity index (χ0n) is 20.9. The third-order valence-corrected chi connectivity index (χ3v) is 8.51. The second-order valence-electron chi connectivity index (χ2n) is 9.17. The van der Waals surface area contributed by atoms with E-state index < -0.39 is 29.4 Å². The summed E-state index contributed by atoms with van der Waals surface area (Å²) < 4.78 is 33.9. The fraction of sp³-hybridized carbons (Fsp3) is 0.100. The lowest BCUT2D eigenvalue weighted by molar-refractivity contribution is -0.132. The van der Waals surface area contributed by atoms with Gasteiger partial charge in [0.05, 0.1) is 15.8 Å². The average molecular weight is 575 g/mol. The molecular weight excluding hydrogens is 554 g/mol. The van der Waals surface area contributed by atoms with Crippen LogP contribution < -0.4 is 9.64 Å². The molecule has 0 spiro atoms. The van der Waals surface area contributed by atoms with Crippen LogP contribution in [0.1, 0.15) is 27.6 Å². The number of thiazole rings is 1. The molecule has 1 atom stereocenters. The SMILES string of the molecule is Cc1cc(/C(O)=C2\C(=O)C(=O)N(c3nc4cc(F)c(F)cc4s3)C2c2cccs2)ccc1OCc1ccccc1. The minimum absolute atomic E-state index is 0.0959. The Hall–Kier alpha value is -4.41. The van der Waals surface area contributed by atoms with Crippen molar-refractivity contribution >= 4 is 55.5 Å². The molecule has 5 aromatic rings. The van der Waals surface area contributed by atoms with E-state index >= 15 is 0 Å². The van der Waals surface area contributed by atoms with Crippen LogP contribution in [0.2, 0.25) is 0 Å². The largest absolute Gasteiger partial charge is 0.507 e. The summed E-state index contributed by atoms with van der Waals surface area (Å²) in [5, 5.41) is 13.3. The van der Waals surface area contributed by atoms with Crippen molar-refractivity contribution in [2.75, 3.05) is 4.90 Å². The number of Topliss-reactive ketones (excluding diaryl/α,β-unsaturated/α-hetero) is 1. The molecule has 3 heterocycles. The number of benzene rings is 3. The number of aliphatic hydroxyl groups is 1. The van der Waals surface area contributed by atoms with Crippen molar-refractivity contribution in [2.45, 2.75) is 19.6 Å². The number of rotatable bonds is 6. The first-order valence-electron chi connectivity index (χ1n) is 12.2. The van der Waals surface area contributed by atoms with Gasteiger partial charge in [-0.3, -0.25) is 14.5 Å². The van der Waals surface area contributed by atoms with E-state index in [1.165, 1.54) is 16.2 Å². The van der Waals surface area contributed by atoms with Crippen LogP contribution in [0.5, 0.6) is 5.75 Å². The number of fused-ring (bicyclic) bond motifs is 1. The van der Waals surface area contributed by atoms with Crippen LogP contribution in [0, 0.1) is 18.6 Å². The van der Waals surface area contributed by atoms with E-state index in [2.05, 4.69) is 4.98 Å². The molecule has 1 unspecified atom stereocenters. The smallest absolute Gasteiger partial charge is 0.301 e. The Bertz CT molecular complexity index is 1760. The third kappa shape index (κ3) is 4.55. The first kappa shape index (κ1) is 25.8. The Morgan fingerprint density at radius 1 is 1.02 bits per heavy atom. The molecule has 3 aromatic carbocycles. The van der Waals surface area contributed by atoms with E-state index in [1.54, 1.807) is 35.7 Å². The van der Waals surface area contributed by atoms with Gasteiger partial charge in [0.25, 0.3) is 5.78 Å². The summed E-state index contributed by atoms with van der Waals surface area (Å²) in [7, 11) is 0. The minimum atomic E-state index is -1.06. The molecule has 200 valence electrons. The van der Waals surface area contributed by atoms with Crippen molar-refractivity contribution < 1.29 is 28.2 Å². The lowest BCUT2D eigenvalue weighted by Crippen LogP contribution is -2.28. The van der Waals surface area contributed by atoms with Crippen molar-refractivity contribution in [3.63, 3.8) is 0 Å². The standard InChI is InChI=1S/C30H20F2N2O4S2/c1-16-12-18(9-10-22(16)38-15-17-6-3-2-4-7-17)27(35)25-26(23-8-5-11-39-23)34(29(37)28(25)36)30-33-21-13-19(31)20(32)14-24(21)40-30/h2-14,26,35H,15H2,1H3/b27-25+. The Morgan fingerprint density at radius 3 is 2.52 bits per heavy atom. The lowest BCUT2D eigenvalue weighted by atomic mass is 9.99. The summed E-state index contributed by atoms with van der Waals surface area (Å²) in [6.45, 7) is 2.19. The van der Waals surface area contributed by atoms with Crippen molar-refractivity contribution in [3.8, 4) is 5.75 Å². The Morgan fingerprint density at radius 2 is 1.80 bits per heavy atom. The Labute approximate surface area is 235 Å². The molecule has 1 aliphatic rings. The molecule has 2 aromatic heterocycles. The number of halogens is 2. The first-order valence-corrected chi connectivity index (χ1v) is 13.9. The quantitative estimate of drug-likeness (QED) is 0.132. The van der Waals surface area contributed by atoms with Crippen molar-refractivity contribution in [3.05, 3.63) is 117 Å². The van der Waals surface area contributed by atoms with Gasteiger partial charge in [-0.25, -0.2) is 13.8 Å². The molecule has 1 aliphatic heterocycles. The highest BCUT2D eigenvalue weighted by atomic mass is 32.1. The molecule has 0 aliphatic carbocycles. The number of ether oxygens (including phenoxy) is 1. The second-order valence-corrected chi connectivity index (χ2v) is 11.2. The minimum Gasteiger partial charge on any atom is -0.507 e.